The number of hydrogen-bond acceptors (Lipinski definition) is 5. The summed E-state index contributed by atoms with van der Waals surface area (Å²) in [6.07, 6.45) is 2.28. The molecule has 2 amide bonds. The third-order valence-electron chi connectivity index (χ3n) is 3.29. The molecule has 0 saturated heterocycles. The van der Waals surface area contributed by atoms with Crippen LogP contribution in [0.4, 0.5) is 5.69 Å². The predicted molar refractivity (Wildman–Crippen MR) is 89.5 cm³/mol. The molecule has 1 aromatic heterocycles. The number of carbonyl (C=O) groups excluding carboxylic acids is 2. The smallest absolute Gasteiger partial charge is 0.358 e. The van der Waals surface area contributed by atoms with Gasteiger partial charge in [0.1, 0.15) is 0 Å². The molecule has 0 bridgehead atoms. The monoisotopic (exact) mass is 345 g/mol. The van der Waals surface area contributed by atoms with Crippen LogP contribution in [0.3, 0.4) is 0 Å². The lowest BCUT2D eigenvalue weighted by Crippen LogP contribution is -2.22. The number of anilines is 1. The van der Waals surface area contributed by atoms with Gasteiger partial charge in [0, 0.05) is 25.1 Å². The summed E-state index contributed by atoms with van der Waals surface area (Å²) in [7, 11) is 0. The van der Waals surface area contributed by atoms with Gasteiger partial charge in [-0.25, -0.2) is 9.48 Å². The number of amides is 2. The molecule has 132 valence electrons. The average Bonchev–Trinajstić information content (AvgIpc) is 3.05. The summed E-state index contributed by atoms with van der Waals surface area (Å²) in [5, 5.41) is 21.6. The second kappa shape index (κ2) is 8.57. The molecule has 9 nitrogen and oxygen atoms in total. The van der Waals surface area contributed by atoms with Crippen molar-refractivity contribution in [2.24, 2.45) is 0 Å². The lowest BCUT2D eigenvalue weighted by molar-refractivity contribution is -0.121. The summed E-state index contributed by atoms with van der Waals surface area (Å²) in [4.78, 5) is 34.1. The number of nitrogens with one attached hydrogen (secondary N) is 2. The van der Waals surface area contributed by atoms with Crippen molar-refractivity contribution >= 4 is 23.5 Å². The van der Waals surface area contributed by atoms with Crippen LogP contribution in [0.25, 0.3) is 5.69 Å². The maximum absolute atomic E-state index is 11.9. The minimum atomic E-state index is -1.16. The van der Waals surface area contributed by atoms with E-state index in [0.717, 1.165) is 0 Å². The van der Waals surface area contributed by atoms with Crippen molar-refractivity contribution < 1.29 is 19.5 Å². The largest absolute Gasteiger partial charge is 0.476 e. The van der Waals surface area contributed by atoms with E-state index in [-0.39, 0.29) is 23.9 Å². The summed E-state index contributed by atoms with van der Waals surface area (Å²) in [6, 6.07) is 6.79. The van der Waals surface area contributed by atoms with Gasteiger partial charge in [0.2, 0.25) is 11.8 Å². The van der Waals surface area contributed by atoms with Gasteiger partial charge in [-0.2, -0.15) is 0 Å². The maximum atomic E-state index is 11.9. The molecule has 0 aliphatic rings. The fourth-order valence-electron chi connectivity index (χ4n) is 2.13. The Balaban J connectivity index is 1.93. The van der Waals surface area contributed by atoms with Gasteiger partial charge in [-0.05, 0) is 31.5 Å². The molecule has 0 radical (unpaired) electrons. The number of rotatable bonds is 8. The van der Waals surface area contributed by atoms with E-state index < -0.39 is 5.97 Å². The molecular weight excluding hydrogens is 326 g/mol. The van der Waals surface area contributed by atoms with Gasteiger partial charge in [0.25, 0.3) is 0 Å². The second-order valence-electron chi connectivity index (χ2n) is 5.26. The molecule has 3 N–H and O–H groups in total. The maximum Gasteiger partial charge on any atom is 0.358 e. The zero-order valence-corrected chi connectivity index (χ0v) is 13.7. The van der Waals surface area contributed by atoms with Crippen LogP contribution in [0.2, 0.25) is 0 Å². The van der Waals surface area contributed by atoms with Crippen LogP contribution in [0, 0.1) is 0 Å². The number of carboxylic acid groups (broad SMARTS) is 1. The number of nitrogens with zero attached hydrogens (tertiary/aromatic N) is 3. The Hall–Kier alpha value is -3.23. The molecule has 0 unspecified atom stereocenters. The topological polar surface area (TPSA) is 126 Å². The molecule has 25 heavy (non-hydrogen) atoms. The van der Waals surface area contributed by atoms with Crippen LogP contribution in [0.5, 0.6) is 0 Å². The first-order valence-corrected chi connectivity index (χ1v) is 7.82. The molecule has 0 aliphatic heterocycles. The zero-order valence-electron chi connectivity index (χ0n) is 13.7. The highest BCUT2D eigenvalue weighted by molar-refractivity contribution is 5.91. The Morgan fingerprint density at radius 1 is 1.20 bits per heavy atom. The molecule has 2 aromatic rings. The van der Waals surface area contributed by atoms with E-state index in [0.29, 0.717) is 30.8 Å². The molecule has 2 rings (SSSR count). The lowest BCUT2D eigenvalue weighted by atomic mass is 10.2. The minimum Gasteiger partial charge on any atom is -0.476 e. The summed E-state index contributed by atoms with van der Waals surface area (Å²) in [5.41, 5.74) is 0.952. The summed E-state index contributed by atoms with van der Waals surface area (Å²) < 4.78 is 1.31. The van der Waals surface area contributed by atoms with Crippen molar-refractivity contribution in [1.82, 2.24) is 20.3 Å². The Morgan fingerprint density at radius 2 is 1.96 bits per heavy atom. The number of aromatic carboxylic acids is 1. The van der Waals surface area contributed by atoms with E-state index in [1.54, 1.807) is 24.3 Å². The van der Waals surface area contributed by atoms with Gasteiger partial charge in [-0.3, -0.25) is 9.59 Å². The Morgan fingerprint density at radius 3 is 2.64 bits per heavy atom. The highest BCUT2D eigenvalue weighted by Crippen LogP contribution is 2.15. The molecule has 0 spiro atoms. The van der Waals surface area contributed by atoms with Gasteiger partial charge in [-0.15, -0.1) is 5.10 Å². The van der Waals surface area contributed by atoms with E-state index in [1.165, 1.54) is 10.9 Å². The molecule has 0 saturated carbocycles. The Labute approximate surface area is 144 Å². The molecular formula is C16H19N5O4. The summed E-state index contributed by atoms with van der Waals surface area (Å²) in [6.45, 7) is 2.41. The third-order valence-corrected chi connectivity index (χ3v) is 3.29. The molecule has 1 aromatic carbocycles. The van der Waals surface area contributed by atoms with Crippen LogP contribution < -0.4 is 10.6 Å². The number of hydrogen-bond donors (Lipinski definition) is 3. The molecule has 9 heteroatoms. The van der Waals surface area contributed by atoms with Crippen molar-refractivity contribution in [1.29, 1.82) is 0 Å². The first-order valence-electron chi connectivity index (χ1n) is 7.82. The molecule has 0 aliphatic carbocycles. The fraction of sp³-hybridized carbons (Fsp3) is 0.312. The van der Waals surface area contributed by atoms with Gasteiger partial charge >= 0.3 is 5.97 Å². The Bertz CT molecular complexity index is 771. The number of carbonyl (C=O) groups is 3. The first-order chi connectivity index (χ1) is 12.0. The molecule has 1 heterocycles. The number of carboxylic acids is 1. The van der Waals surface area contributed by atoms with Crippen molar-refractivity contribution in [3.05, 3.63) is 36.2 Å². The number of aromatic nitrogens is 3. The van der Waals surface area contributed by atoms with E-state index in [4.69, 9.17) is 5.11 Å². The lowest BCUT2D eigenvalue weighted by Gasteiger charge is -2.07. The van der Waals surface area contributed by atoms with E-state index in [2.05, 4.69) is 20.9 Å². The quantitative estimate of drug-likeness (QED) is 0.660. The standard InChI is InChI=1S/C16H19N5O4/c1-2-17-14(22)7-4-8-15(23)18-11-5-3-6-12(9-11)21-10-13(16(24)25)19-20-21/h3,5-6,9-10H,2,4,7-8H2,1H3,(H,17,22)(H,18,23)(H,24,25). The highest BCUT2D eigenvalue weighted by Gasteiger charge is 2.10. The fourth-order valence-corrected chi connectivity index (χ4v) is 2.13. The van der Waals surface area contributed by atoms with E-state index >= 15 is 0 Å². The Kier molecular flexibility index (Phi) is 6.21. The van der Waals surface area contributed by atoms with Crippen molar-refractivity contribution in [3.63, 3.8) is 0 Å². The summed E-state index contributed by atoms with van der Waals surface area (Å²) in [5.74, 6) is -1.44. The summed E-state index contributed by atoms with van der Waals surface area (Å²) >= 11 is 0. The normalized spacial score (nSPS) is 10.3. The third kappa shape index (κ3) is 5.41. The highest BCUT2D eigenvalue weighted by atomic mass is 16.4. The van der Waals surface area contributed by atoms with Gasteiger partial charge in [0.05, 0.1) is 11.9 Å². The van der Waals surface area contributed by atoms with E-state index in [9.17, 15) is 14.4 Å². The van der Waals surface area contributed by atoms with Crippen LogP contribution in [-0.2, 0) is 9.59 Å². The van der Waals surface area contributed by atoms with Gasteiger partial charge in [0.15, 0.2) is 5.69 Å². The zero-order chi connectivity index (χ0) is 18.2. The van der Waals surface area contributed by atoms with Crippen LogP contribution >= 0.6 is 0 Å². The SMILES string of the molecule is CCNC(=O)CCCC(=O)Nc1cccc(-n2cc(C(=O)O)nn2)c1. The molecule has 0 fully saturated rings. The van der Waals surface area contributed by atoms with Crippen molar-refractivity contribution in [2.75, 3.05) is 11.9 Å². The van der Waals surface area contributed by atoms with E-state index in [1.807, 2.05) is 6.92 Å². The van der Waals surface area contributed by atoms with Crippen LogP contribution in [0.1, 0.15) is 36.7 Å². The second-order valence-corrected chi connectivity index (χ2v) is 5.26. The van der Waals surface area contributed by atoms with Crippen molar-refractivity contribution in [3.8, 4) is 5.69 Å². The van der Waals surface area contributed by atoms with Gasteiger partial charge in [-0.1, -0.05) is 11.3 Å². The first kappa shape index (κ1) is 18.1. The minimum absolute atomic E-state index is 0.0716. The van der Waals surface area contributed by atoms with Gasteiger partial charge < -0.3 is 15.7 Å². The average molecular weight is 345 g/mol. The van der Waals surface area contributed by atoms with Crippen LogP contribution in [0.15, 0.2) is 30.5 Å². The van der Waals surface area contributed by atoms with Crippen molar-refractivity contribution in [2.45, 2.75) is 26.2 Å². The molecule has 0 atom stereocenters. The number of benzene rings is 1. The van der Waals surface area contributed by atoms with Crippen LogP contribution in [-0.4, -0.2) is 44.4 Å². The predicted octanol–water partition coefficient (Wildman–Crippen LogP) is 1.21.